The van der Waals surface area contributed by atoms with E-state index in [2.05, 4.69) is 17.0 Å². The first-order valence-electron chi connectivity index (χ1n) is 8.95. The van der Waals surface area contributed by atoms with Crippen molar-refractivity contribution in [3.63, 3.8) is 0 Å². The summed E-state index contributed by atoms with van der Waals surface area (Å²) in [6.07, 6.45) is -0.574. The number of carbonyl (C=O) groups excluding carboxylic acids is 2. The van der Waals surface area contributed by atoms with Gasteiger partial charge < -0.3 is 14.5 Å². The SMILES string of the molecule is CC(OC(=O)Cc1ccccc1)C(=O)N1CCN(c2ccccc2)CC1. The van der Waals surface area contributed by atoms with Crippen LogP contribution in [0, 0.1) is 0 Å². The van der Waals surface area contributed by atoms with Crippen LogP contribution in [0.1, 0.15) is 12.5 Å². The van der Waals surface area contributed by atoms with Crippen LogP contribution in [0.25, 0.3) is 0 Å². The number of piperazine rings is 1. The maximum Gasteiger partial charge on any atom is 0.311 e. The molecule has 2 aromatic carbocycles. The Morgan fingerprint density at radius 3 is 2.12 bits per heavy atom. The van der Waals surface area contributed by atoms with Crippen molar-refractivity contribution in [2.24, 2.45) is 0 Å². The molecule has 1 unspecified atom stereocenters. The highest BCUT2D eigenvalue weighted by molar-refractivity contribution is 5.84. The van der Waals surface area contributed by atoms with Crippen LogP contribution in [0.15, 0.2) is 60.7 Å². The summed E-state index contributed by atoms with van der Waals surface area (Å²) in [5.74, 6) is -0.501. The first-order chi connectivity index (χ1) is 12.6. The Morgan fingerprint density at radius 1 is 0.923 bits per heavy atom. The molecule has 0 N–H and O–H groups in total. The van der Waals surface area contributed by atoms with Gasteiger partial charge in [-0.3, -0.25) is 9.59 Å². The van der Waals surface area contributed by atoms with Gasteiger partial charge in [-0.25, -0.2) is 0 Å². The van der Waals surface area contributed by atoms with Gasteiger partial charge in [-0.1, -0.05) is 48.5 Å². The summed E-state index contributed by atoms with van der Waals surface area (Å²) in [5, 5.41) is 0. The smallest absolute Gasteiger partial charge is 0.311 e. The molecule has 1 aliphatic rings. The zero-order valence-corrected chi connectivity index (χ0v) is 15.0. The Balaban J connectivity index is 1.47. The Bertz CT molecular complexity index is 725. The lowest BCUT2D eigenvalue weighted by Gasteiger charge is -2.37. The Kier molecular flexibility index (Phi) is 5.89. The normalized spacial score (nSPS) is 15.4. The van der Waals surface area contributed by atoms with Gasteiger partial charge in [-0.2, -0.15) is 0 Å². The van der Waals surface area contributed by atoms with Crippen molar-refractivity contribution in [3.05, 3.63) is 66.2 Å². The number of carbonyl (C=O) groups is 2. The molecule has 1 heterocycles. The number of hydrogen-bond donors (Lipinski definition) is 0. The fourth-order valence-electron chi connectivity index (χ4n) is 3.13. The van der Waals surface area contributed by atoms with Crippen molar-refractivity contribution in [2.75, 3.05) is 31.1 Å². The molecule has 136 valence electrons. The molecule has 5 nitrogen and oxygen atoms in total. The van der Waals surface area contributed by atoms with Gasteiger partial charge in [0, 0.05) is 31.9 Å². The maximum absolute atomic E-state index is 12.6. The van der Waals surface area contributed by atoms with Crippen molar-refractivity contribution in [2.45, 2.75) is 19.4 Å². The van der Waals surface area contributed by atoms with Gasteiger partial charge in [0.1, 0.15) is 0 Å². The summed E-state index contributed by atoms with van der Waals surface area (Å²) >= 11 is 0. The first kappa shape index (κ1) is 18.0. The molecule has 0 aromatic heterocycles. The highest BCUT2D eigenvalue weighted by Crippen LogP contribution is 2.16. The summed E-state index contributed by atoms with van der Waals surface area (Å²) in [6.45, 7) is 4.47. The van der Waals surface area contributed by atoms with Gasteiger partial charge in [0.25, 0.3) is 5.91 Å². The molecule has 0 aliphatic carbocycles. The van der Waals surface area contributed by atoms with Gasteiger partial charge >= 0.3 is 5.97 Å². The summed E-state index contributed by atoms with van der Waals surface area (Å²) in [7, 11) is 0. The molecular formula is C21H24N2O3. The van der Waals surface area contributed by atoms with E-state index in [1.165, 1.54) is 5.69 Å². The lowest BCUT2D eigenvalue weighted by atomic mass is 10.1. The summed E-state index contributed by atoms with van der Waals surface area (Å²) in [5.41, 5.74) is 2.05. The number of esters is 1. The lowest BCUT2D eigenvalue weighted by Crippen LogP contribution is -2.51. The minimum absolute atomic E-state index is 0.126. The molecule has 1 amide bonds. The minimum atomic E-state index is -0.755. The Labute approximate surface area is 154 Å². The van der Waals surface area contributed by atoms with Crippen LogP contribution in [0.4, 0.5) is 5.69 Å². The largest absolute Gasteiger partial charge is 0.452 e. The summed E-state index contributed by atoms with van der Waals surface area (Å²) < 4.78 is 5.34. The zero-order valence-electron chi connectivity index (χ0n) is 15.0. The van der Waals surface area contributed by atoms with Gasteiger partial charge in [0.15, 0.2) is 6.10 Å². The molecule has 0 radical (unpaired) electrons. The van der Waals surface area contributed by atoms with Gasteiger partial charge in [0.2, 0.25) is 0 Å². The quantitative estimate of drug-likeness (QED) is 0.776. The molecule has 1 aliphatic heterocycles. The molecule has 0 bridgehead atoms. The van der Waals surface area contributed by atoms with E-state index in [9.17, 15) is 9.59 Å². The number of para-hydroxylation sites is 1. The predicted octanol–water partition coefficient (Wildman–Crippen LogP) is 2.51. The number of rotatable bonds is 5. The average molecular weight is 352 g/mol. The van der Waals surface area contributed by atoms with Crippen LogP contribution in [-0.2, 0) is 20.7 Å². The van der Waals surface area contributed by atoms with Crippen molar-refractivity contribution < 1.29 is 14.3 Å². The predicted molar refractivity (Wildman–Crippen MR) is 101 cm³/mol. The molecule has 2 aromatic rings. The van der Waals surface area contributed by atoms with E-state index in [0.29, 0.717) is 13.1 Å². The second-order valence-corrected chi connectivity index (χ2v) is 6.44. The van der Waals surface area contributed by atoms with Gasteiger partial charge in [-0.05, 0) is 24.6 Å². The van der Waals surface area contributed by atoms with Gasteiger partial charge in [0.05, 0.1) is 6.42 Å². The topological polar surface area (TPSA) is 49.9 Å². The monoisotopic (exact) mass is 352 g/mol. The van der Waals surface area contributed by atoms with Crippen molar-refractivity contribution >= 4 is 17.6 Å². The van der Waals surface area contributed by atoms with E-state index in [-0.39, 0.29) is 18.3 Å². The summed E-state index contributed by atoms with van der Waals surface area (Å²) in [4.78, 5) is 28.6. The van der Waals surface area contributed by atoms with Crippen LogP contribution in [0.3, 0.4) is 0 Å². The highest BCUT2D eigenvalue weighted by atomic mass is 16.5. The molecule has 5 heteroatoms. The van der Waals surface area contributed by atoms with E-state index < -0.39 is 6.10 Å². The fourth-order valence-corrected chi connectivity index (χ4v) is 3.13. The Morgan fingerprint density at radius 2 is 1.50 bits per heavy atom. The van der Waals surface area contributed by atoms with E-state index in [0.717, 1.165) is 18.7 Å². The van der Waals surface area contributed by atoms with Gasteiger partial charge in [-0.15, -0.1) is 0 Å². The second-order valence-electron chi connectivity index (χ2n) is 6.44. The number of hydrogen-bond acceptors (Lipinski definition) is 4. The third-order valence-electron chi connectivity index (χ3n) is 4.56. The number of anilines is 1. The van der Waals surface area contributed by atoms with E-state index in [1.807, 2.05) is 48.5 Å². The van der Waals surface area contributed by atoms with Crippen molar-refractivity contribution in [1.82, 2.24) is 4.90 Å². The highest BCUT2D eigenvalue weighted by Gasteiger charge is 2.27. The Hall–Kier alpha value is -2.82. The van der Waals surface area contributed by atoms with E-state index >= 15 is 0 Å². The molecule has 1 atom stereocenters. The average Bonchev–Trinajstić information content (AvgIpc) is 2.69. The minimum Gasteiger partial charge on any atom is -0.452 e. The first-order valence-corrected chi connectivity index (χ1v) is 8.95. The molecule has 26 heavy (non-hydrogen) atoms. The van der Waals surface area contributed by atoms with Crippen LogP contribution in [-0.4, -0.2) is 49.1 Å². The molecular weight excluding hydrogens is 328 g/mol. The third-order valence-corrected chi connectivity index (χ3v) is 4.56. The van der Waals surface area contributed by atoms with E-state index in [4.69, 9.17) is 4.74 Å². The van der Waals surface area contributed by atoms with Crippen LogP contribution < -0.4 is 4.90 Å². The molecule has 3 rings (SSSR count). The van der Waals surface area contributed by atoms with Crippen LogP contribution in [0.2, 0.25) is 0 Å². The maximum atomic E-state index is 12.6. The number of amides is 1. The molecule has 1 fully saturated rings. The number of ether oxygens (including phenoxy) is 1. The van der Waals surface area contributed by atoms with Crippen molar-refractivity contribution in [3.8, 4) is 0 Å². The molecule has 1 saturated heterocycles. The van der Waals surface area contributed by atoms with Crippen molar-refractivity contribution in [1.29, 1.82) is 0 Å². The standard InChI is InChI=1S/C21H24N2O3/c1-17(26-20(24)16-18-8-4-2-5-9-18)21(25)23-14-12-22(13-15-23)19-10-6-3-7-11-19/h2-11,17H,12-16H2,1H3. The third kappa shape index (κ3) is 4.63. The lowest BCUT2D eigenvalue weighted by molar-refractivity contribution is -0.158. The van der Waals surface area contributed by atoms with Crippen LogP contribution >= 0.6 is 0 Å². The fraction of sp³-hybridized carbons (Fsp3) is 0.333. The number of benzene rings is 2. The van der Waals surface area contributed by atoms with E-state index in [1.54, 1.807) is 11.8 Å². The second kappa shape index (κ2) is 8.52. The number of nitrogens with zero attached hydrogens (tertiary/aromatic N) is 2. The zero-order chi connectivity index (χ0) is 18.4. The molecule has 0 spiro atoms. The summed E-state index contributed by atoms with van der Waals surface area (Å²) in [6, 6.07) is 19.6. The molecule has 0 saturated carbocycles. The van der Waals surface area contributed by atoms with Crippen LogP contribution in [0.5, 0.6) is 0 Å².